The maximum Gasteiger partial charge on any atom is 0.336 e. The molecule has 0 fully saturated rings. The van der Waals surface area contributed by atoms with Crippen LogP contribution in [0.2, 0.25) is 0 Å². The first-order valence-electron chi connectivity index (χ1n) is 9.14. The van der Waals surface area contributed by atoms with Crippen LogP contribution in [0.1, 0.15) is 27.0 Å². The quantitative estimate of drug-likeness (QED) is 0.485. The topological polar surface area (TPSA) is 80.6 Å². The first-order chi connectivity index (χ1) is 13.5. The minimum atomic E-state index is -0.386. The summed E-state index contributed by atoms with van der Waals surface area (Å²) in [7, 11) is 1.59. The highest BCUT2D eigenvalue weighted by Crippen LogP contribution is 2.24. The normalized spacial score (nSPS) is 10.8. The van der Waals surface area contributed by atoms with Gasteiger partial charge in [0.2, 0.25) is 0 Å². The van der Waals surface area contributed by atoms with E-state index in [2.05, 4.69) is 10.6 Å². The summed E-state index contributed by atoms with van der Waals surface area (Å²) in [4.78, 5) is 24.5. The van der Waals surface area contributed by atoms with Crippen molar-refractivity contribution >= 4 is 22.6 Å². The van der Waals surface area contributed by atoms with E-state index in [9.17, 15) is 9.59 Å². The van der Waals surface area contributed by atoms with Gasteiger partial charge in [0.1, 0.15) is 5.58 Å². The fourth-order valence-corrected chi connectivity index (χ4v) is 3.06. The molecule has 0 unspecified atom stereocenters. The van der Waals surface area contributed by atoms with Crippen molar-refractivity contribution < 1.29 is 13.9 Å². The second-order valence-electron chi connectivity index (χ2n) is 6.62. The summed E-state index contributed by atoms with van der Waals surface area (Å²) in [5, 5.41) is 6.99. The molecule has 0 saturated heterocycles. The van der Waals surface area contributed by atoms with Gasteiger partial charge >= 0.3 is 5.63 Å². The Labute approximate surface area is 163 Å². The van der Waals surface area contributed by atoms with E-state index in [1.165, 1.54) is 6.07 Å². The predicted octanol–water partition coefficient (Wildman–Crippen LogP) is 3.40. The molecule has 0 radical (unpaired) electrons. The molecule has 1 heterocycles. The van der Waals surface area contributed by atoms with Crippen LogP contribution < -0.4 is 16.3 Å². The number of amides is 1. The van der Waals surface area contributed by atoms with Crippen LogP contribution >= 0.6 is 0 Å². The number of carbonyl (C=O) groups is 1. The molecule has 1 amide bonds. The average molecular weight is 380 g/mol. The number of aryl methyl sites for hydroxylation is 2. The summed E-state index contributed by atoms with van der Waals surface area (Å²) < 4.78 is 10.4. The lowest BCUT2D eigenvalue weighted by molar-refractivity contribution is 0.0938. The number of carbonyl (C=O) groups excluding carboxylic acids is 1. The zero-order chi connectivity index (χ0) is 20.1. The molecule has 0 aliphatic carbocycles. The zero-order valence-electron chi connectivity index (χ0n) is 16.3. The Kier molecular flexibility index (Phi) is 6.11. The van der Waals surface area contributed by atoms with Crippen LogP contribution in [0, 0.1) is 13.8 Å². The number of hydrogen-bond acceptors (Lipinski definition) is 5. The lowest BCUT2D eigenvalue weighted by Crippen LogP contribution is -2.27. The van der Waals surface area contributed by atoms with Crippen molar-refractivity contribution in [1.29, 1.82) is 0 Å². The largest absolute Gasteiger partial charge is 0.422 e. The van der Waals surface area contributed by atoms with Crippen LogP contribution in [-0.4, -0.2) is 26.2 Å². The molecule has 2 aromatic carbocycles. The molecule has 1 aromatic heterocycles. The van der Waals surface area contributed by atoms with E-state index in [-0.39, 0.29) is 11.5 Å². The Balaban J connectivity index is 1.86. The van der Waals surface area contributed by atoms with Crippen molar-refractivity contribution in [3.63, 3.8) is 0 Å². The van der Waals surface area contributed by atoms with Crippen molar-refractivity contribution in [2.45, 2.75) is 20.4 Å². The third-order valence-corrected chi connectivity index (χ3v) is 4.75. The standard InChI is InChI=1S/C22H24N2O4/c1-14-8-9-17-16(12-20(25)28-21(17)15(14)2)13-24-19-7-5-4-6-18(19)22(26)23-10-11-27-3/h4-9,12,24H,10-11,13H2,1-3H3,(H,23,26). The molecule has 6 nitrogen and oxygen atoms in total. The average Bonchev–Trinajstić information content (AvgIpc) is 2.69. The van der Waals surface area contributed by atoms with E-state index >= 15 is 0 Å². The van der Waals surface area contributed by atoms with Gasteiger partial charge in [-0.2, -0.15) is 0 Å². The number of ether oxygens (including phenoxy) is 1. The molecule has 3 rings (SSSR count). The maximum absolute atomic E-state index is 12.4. The van der Waals surface area contributed by atoms with Crippen LogP contribution in [-0.2, 0) is 11.3 Å². The van der Waals surface area contributed by atoms with Gasteiger partial charge in [0.05, 0.1) is 12.2 Å². The van der Waals surface area contributed by atoms with E-state index in [4.69, 9.17) is 9.15 Å². The lowest BCUT2D eigenvalue weighted by atomic mass is 10.0. The summed E-state index contributed by atoms with van der Waals surface area (Å²) in [5.74, 6) is -0.177. The summed E-state index contributed by atoms with van der Waals surface area (Å²) in [5.41, 5.74) is 4.30. The van der Waals surface area contributed by atoms with E-state index in [0.29, 0.717) is 36.5 Å². The second kappa shape index (κ2) is 8.71. The summed E-state index contributed by atoms with van der Waals surface area (Å²) in [6, 6.07) is 12.7. The molecule has 0 atom stereocenters. The number of fused-ring (bicyclic) bond motifs is 1. The summed E-state index contributed by atoms with van der Waals surface area (Å²) in [6.07, 6.45) is 0. The number of methoxy groups -OCH3 is 1. The molecular formula is C22H24N2O4. The van der Waals surface area contributed by atoms with Gasteiger partial charge in [-0.1, -0.05) is 24.3 Å². The van der Waals surface area contributed by atoms with E-state index < -0.39 is 0 Å². The fourth-order valence-electron chi connectivity index (χ4n) is 3.06. The van der Waals surface area contributed by atoms with Gasteiger partial charge in [-0.15, -0.1) is 0 Å². The zero-order valence-corrected chi connectivity index (χ0v) is 16.3. The fraction of sp³-hybridized carbons (Fsp3) is 0.273. The molecule has 0 bridgehead atoms. The van der Waals surface area contributed by atoms with Crippen molar-refractivity contribution in [2.24, 2.45) is 0 Å². The summed E-state index contributed by atoms with van der Waals surface area (Å²) in [6.45, 7) is 5.21. The molecule has 0 aliphatic rings. The number of para-hydroxylation sites is 1. The highest BCUT2D eigenvalue weighted by molar-refractivity contribution is 5.99. The highest BCUT2D eigenvalue weighted by Gasteiger charge is 2.13. The molecule has 0 aliphatic heterocycles. The van der Waals surface area contributed by atoms with Gasteiger partial charge in [0, 0.05) is 37.3 Å². The van der Waals surface area contributed by atoms with Crippen molar-refractivity contribution in [1.82, 2.24) is 5.32 Å². The number of hydrogen-bond donors (Lipinski definition) is 2. The summed E-state index contributed by atoms with van der Waals surface area (Å²) >= 11 is 0. The van der Waals surface area contributed by atoms with E-state index in [1.54, 1.807) is 13.2 Å². The van der Waals surface area contributed by atoms with Crippen LogP contribution in [0.25, 0.3) is 11.0 Å². The minimum absolute atomic E-state index is 0.177. The Morgan fingerprint density at radius 1 is 1.14 bits per heavy atom. The molecule has 6 heteroatoms. The van der Waals surface area contributed by atoms with Gasteiger partial charge in [0.15, 0.2) is 0 Å². The van der Waals surface area contributed by atoms with Crippen LogP contribution in [0.4, 0.5) is 5.69 Å². The molecule has 2 N–H and O–H groups in total. The van der Waals surface area contributed by atoms with Crippen molar-refractivity contribution in [3.05, 3.63) is 75.1 Å². The van der Waals surface area contributed by atoms with Gasteiger partial charge in [-0.25, -0.2) is 4.79 Å². The van der Waals surface area contributed by atoms with Gasteiger partial charge in [-0.3, -0.25) is 4.79 Å². The van der Waals surface area contributed by atoms with Crippen molar-refractivity contribution in [2.75, 3.05) is 25.6 Å². The first-order valence-corrected chi connectivity index (χ1v) is 9.14. The Morgan fingerprint density at radius 2 is 1.93 bits per heavy atom. The smallest absolute Gasteiger partial charge is 0.336 e. The maximum atomic E-state index is 12.4. The Bertz CT molecular complexity index is 1060. The number of benzene rings is 2. The van der Waals surface area contributed by atoms with Gasteiger partial charge < -0.3 is 19.8 Å². The highest BCUT2D eigenvalue weighted by atomic mass is 16.5. The van der Waals surface area contributed by atoms with Gasteiger partial charge in [0.25, 0.3) is 5.91 Å². The molecular weight excluding hydrogens is 356 g/mol. The molecule has 0 spiro atoms. The second-order valence-corrected chi connectivity index (χ2v) is 6.62. The van der Waals surface area contributed by atoms with Crippen LogP contribution in [0.3, 0.4) is 0 Å². The van der Waals surface area contributed by atoms with Gasteiger partial charge in [-0.05, 0) is 42.7 Å². The molecule has 28 heavy (non-hydrogen) atoms. The van der Waals surface area contributed by atoms with E-state index in [1.807, 2.05) is 44.2 Å². The Morgan fingerprint density at radius 3 is 2.71 bits per heavy atom. The van der Waals surface area contributed by atoms with Crippen LogP contribution in [0.5, 0.6) is 0 Å². The minimum Gasteiger partial charge on any atom is -0.422 e. The van der Waals surface area contributed by atoms with Crippen LogP contribution in [0.15, 0.2) is 51.7 Å². The number of anilines is 1. The van der Waals surface area contributed by atoms with E-state index in [0.717, 1.165) is 22.1 Å². The number of rotatable bonds is 7. The molecule has 3 aromatic rings. The Hall–Kier alpha value is -3.12. The number of nitrogens with one attached hydrogen (secondary N) is 2. The van der Waals surface area contributed by atoms with Crippen molar-refractivity contribution in [3.8, 4) is 0 Å². The molecule has 0 saturated carbocycles. The SMILES string of the molecule is COCCNC(=O)c1ccccc1NCc1cc(=O)oc2c(C)c(C)ccc12. The third-order valence-electron chi connectivity index (χ3n) is 4.75. The monoisotopic (exact) mass is 380 g/mol. The molecule has 146 valence electrons. The predicted molar refractivity (Wildman–Crippen MR) is 110 cm³/mol. The first kappa shape index (κ1) is 19.6. The lowest BCUT2D eigenvalue weighted by Gasteiger charge is -2.14. The third kappa shape index (κ3) is 4.23.